The molecular formula is C19H20F2N2O3S. The maximum atomic E-state index is 13.4. The van der Waals surface area contributed by atoms with Crippen molar-refractivity contribution in [2.24, 2.45) is 0 Å². The van der Waals surface area contributed by atoms with Gasteiger partial charge in [0, 0.05) is 30.9 Å². The molecule has 0 unspecified atom stereocenters. The third kappa shape index (κ3) is 3.46. The number of anilines is 1. The van der Waals surface area contributed by atoms with Crippen LogP contribution in [0.1, 0.15) is 29.8 Å². The second-order valence-electron chi connectivity index (χ2n) is 6.22. The number of carbonyl (C=O) groups is 1. The van der Waals surface area contributed by atoms with Gasteiger partial charge in [0.25, 0.3) is 5.91 Å². The zero-order chi connectivity index (χ0) is 19.8. The molecule has 1 heterocycles. The highest BCUT2D eigenvalue weighted by atomic mass is 32.2. The van der Waals surface area contributed by atoms with Gasteiger partial charge in [0.05, 0.1) is 4.90 Å². The first kappa shape index (κ1) is 19.4. The quantitative estimate of drug-likeness (QED) is 0.783. The van der Waals surface area contributed by atoms with Crippen molar-refractivity contribution in [1.29, 1.82) is 0 Å². The lowest BCUT2D eigenvalue weighted by Gasteiger charge is -2.20. The van der Waals surface area contributed by atoms with Gasteiger partial charge < -0.3 is 4.90 Å². The fourth-order valence-corrected chi connectivity index (χ4v) is 4.76. The van der Waals surface area contributed by atoms with Gasteiger partial charge in [-0.1, -0.05) is 13.8 Å². The van der Waals surface area contributed by atoms with E-state index >= 15 is 0 Å². The van der Waals surface area contributed by atoms with Crippen LogP contribution < -0.4 is 4.90 Å². The minimum atomic E-state index is -3.58. The van der Waals surface area contributed by atoms with E-state index in [4.69, 9.17) is 0 Å². The van der Waals surface area contributed by atoms with Crippen molar-refractivity contribution in [3.8, 4) is 0 Å². The molecule has 2 aromatic carbocycles. The zero-order valence-corrected chi connectivity index (χ0v) is 15.9. The molecular weight excluding hydrogens is 374 g/mol. The standard InChI is InChI=1S/C19H20F2N2O3S/c1-3-22(4-2)27(25,26)15-6-8-18-13(11-15)9-10-23(18)19(24)14-5-7-16(20)17(21)12-14/h5-8,11-12H,3-4,9-10H2,1-2H3. The second kappa shape index (κ2) is 7.36. The third-order valence-corrected chi connectivity index (χ3v) is 6.75. The Morgan fingerprint density at radius 2 is 1.78 bits per heavy atom. The zero-order valence-electron chi connectivity index (χ0n) is 15.1. The Balaban J connectivity index is 1.92. The van der Waals surface area contributed by atoms with Gasteiger partial charge in [-0.15, -0.1) is 0 Å². The smallest absolute Gasteiger partial charge is 0.258 e. The minimum absolute atomic E-state index is 0.0431. The molecule has 1 aliphatic heterocycles. The van der Waals surface area contributed by atoms with Crippen LogP contribution in [0, 0.1) is 11.6 Å². The summed E-state index contributed by atoms with van der Waals surface area (Å²) in [5.41, 5.74) is 1.36. The number of benzene rings is 2. The van der Waals surface area contributed by atoms with Crippen molar-refractivity contribution >= 4 is 21.6 Å². The molecule has 0 saturated heterocycles. The summed E-state index contributed by atoms with van der Waals surface area (Å²) in [6.07, 6.45) is 0.492. The highest BCUT2D eigenvalue weighted by molar-refractivity contribution is 7.89. The molecule has 1 amide bonds. The summed E-state index contributed by atoms with van der Waals surface area (Å²) in [5.74, 6) is -2.55. The summed E-state index contributed by atoms with van der Waals surface area (Å²) in [6, 6.07) is 7.67. The van der Waals surface area contributed by atoms with Gasteiger partial charge >= 0.3 is 0 Å². The lowest BCUT2D eigenvalue weighted by molar-refractivity contribution is 0.0989. The average Bonchev–Trinajstić information content (AvgIpc) is 3.07. The fourth-order valence-electron chi connectivity index (χ4n) is 3.25. The Morgan fingerprint density at radius 1 is 1.07 bits per heavy atom. The monoisotopic (exact) mass is 394 g/mol. The Hall–Kier alpha value is -2.32. The Bertz CT molecular complexity index is 988. The molecule has 27 heavy (non-hydrogen) atoms. The molecule has 1 aliphatic rings. The first-order valence-electron chi connectivity index (χ1n) is 8.69. The first-order valence-corrected chi connectivity index (χ1v) is 10.1. The summed E-state index contributed by atoms with van der Waals surface area (Å²) < 4.78 is 53.2. The van der Waals surface area contributed by atoms with Gasteiger partial charge in [0.2, 0.25) is 10.0 Å². The lowest BCUT2D eigenvalue weighted by atomic mass is 10.1. The topological polar surface area (TPSA) is 57.7 Å². The van der Waals surface area contributed by atoms with Gasteiger partial charge in [-0.2, -0.15) is 4.31 Å². The number of hydrogen-bond acceptors (Lipinski definition) is 3. The second-order valence-corrected chi connectivity index (χ2v) is 8.15. The lowest BCUT2D eigenvalue weighted by Crippen LogP contribution is -2.30. The van der Waals surface area contributed by atoms with Crippen molar-refractivity contribution < 1.29 is 22.0 Å². The van der Waals surface area contributed by atoms with Crippen LogP contribution in [0.15, 0.2) is 41.3 Å². The number of sulfonamides is 1. The highest BCUT2D eigenvalue weighted by Crippen LogP contribution is 2.32. The summed E-state index contributed by atoms with van der Waals surface area (Å²) in [7, 11) is -3.58. The van der Waals surface area contributed by atoms with Crippen LogP contribution in [0.5, 0.6) is 0 Å². The van der Waals surface area contributed by atoms with Gasteiger partial charge in [0.1, 0.15) is 0 Å². The molecule has 0 fully saturated rings. The van der Waals surface area contributed by atoms with Crippen LogP contribution in [0.25, 0.3) is 0 Å². The molecule has 8 heteroatoms. The van der Waals surface area contributed by atoms with E-state index in [-0.39, 0.29) is 10.5 Å². The molecule has 0 saturated carbocycles. The predicted molar refractivity (Wildman–Crippen MR) is 98.3 cm³/mol. The number of fused-ring (bicyclic) bond motifs is 1. The maximum absolute atomic E-state index is 13.4. The number of hydrogen-bond donors (Lipinski definition) is 0. The molecule has 5 nitrogen and oxygen atoms in total. The van der Waals surface area contributed by atoms with E-state index in [1.54, 1.807) is 26.0 Å². The summed E-state index contributed by atoms with van der Waals surface area (Å²) in [5, 5.41) is 0. The molecule has 2 aromatic rings. The van der Waals surface area contributed by atoms with E-state index < -0.39 is 27.6 Å². The van der Waals surface area contributed by atoms with E-state index in [1.165, 1.54) is 21.3 Å². The Morgan fingerprint density at radius 3 is 2.41 bits per heavy atom. The summed E-state index contributed by atoms with van der Waals surface area (Å²) in [4.78, 5) is 14.3. The Labute approximate surface area is 157 Å². The van der Waals surface area contributed by atoms with E-state index in [0.29, 0.717) is 31.7 Å². The van der Waals surface area contributed by atoms with E-state index in [0.717, 1.165) is 17.7 Å². The van der Waals surface area contributed by atoms with Crippen molar-refractivity contribution in [2.45, 2.75) is 25.2 Å². The molecule has 0 N–H and O–H groups in total. The molecule has 0 spiro atoms. The van der Waals surface area contributed by atoms with Crippen LogP contribution in [-0.2, 0) is 16.4 Å². The molecule has 3 rings (SSSR count). The molecule has 0 aromatic heterocycles. The minimum Gasteiger partial charge on any atom is -0.308 e. The van der Waals surface area contributed by atoms with Gasteiger partial charge in [0.15, 0.2) is 11.6 Å². The number of rotatable bonds is 5. The van der Waals surface area contributed by atoms with Crippen LogP contribution in [0.4, 0.5) is 14.5 Å². The maximum Gasteiger partial charge on any atom is 0.258 e. The molecule has 144 valence electrons. The number of carbonyl (C=O) groups excluding carboxylic acids is 1. The number of amides is 1. The van der Waals surface area contributed by atoms with Crippen LogP contribution in [0.2, 0.25) is 0 Å². The van der Waals surface area contributed by atoms with Crippen molar-refractivity contribution in [3.63, 3.8) is 0 Å². The number of halogens is 2. The summed E-state index contributed by atoms with van der Waals surface area (Å²) >= 11 is 0. The fraction of sp³-hybridized carbons (Fsp3) is 0.316. The van der Waals surface area contributed by atoms with Crippen LogP contribution in [-0.4, -0.2) is 38.3 Å². The van der Waals surface area contributed by atoms with Gasteiger partial charge in [-0.05, 0) is 48.4 Å². The van der Waals surface area contributed by atoms with Crippen molar-refractivity contribution in [3.05, 3.63) is 59.2 Å². The molecule has 0 radical (unpaired) electrons. The number of nitrogens with zero attached hydrogens (tertiary/aromatic N) is 2. The molecule has 0 atom stereocenters. The predicted octanol–water partition coefficient (Wildman–Crippen LogP) is 3.20. The molecule has 0 aliphatic carbocycles. The van der Waals surface area contributed by atoms with Gasteiger partial charge in [-0.25, -0.2) is 17.2 Å². The van der Waals surface area contributed by atoms with E-state index in [1.807, 2.05) is 0 Å². The summed E-state index contributed by atoms with van der Waals surface area (Å²) in [6.45, 7) is 4.64. The highest BCUT2D eigenvalue weighted by Gasteiger charge is 2.29. The SMILES string of the molecule is CCN(CC)S(=O)(=O)c1ccc2c(c1)CCN2C(=O)c1ccc(F)c(F)c1. The third-order valence-electron chi connectivity index (χ3n) is 4.70. The van der Waals surface area contributed by atoms with Crippen molar-refractivity contribution in [1.82, 2.24) is 4.31 Å². The van der Waals surface area contributed by atoms with Gasteiger partial charge in [-0.3, -0.25) is 4.79 Å². The van der Waals surface area contributed by atoms with E-state index in [9.17, 15) is 22.0 Å². The Kier molecular flexibility index (Phi) is 5.30. The van der Waals surface area contributed by atoms with Crippen molar-refractivity contribution in [2.75, 3.05) is 24.5 Å². The largest absolute Gasteiger partial charge is 0.308 e. The normalized spacial score (nSPS) is 13.9. The van der Waals surface area contributed by atoms with Crippen LogP contribution >= 0.6 is 0 Å². The molecule has 0 bridgehead atoms. The average molecular weight is 394 g/mol. The van der Waals surface area contributed by atoms with Crippen LogP contribution in [0.3, 0.4) is 0 Å². The first-order chi connectivity index (χ1) is 12.8. The van der Waals surface area contributed by atoms with E-state index in [2.05, 4.69) is 0 Å².